The lowest BCUT2D eigenvalue weighted by atomic mass is 10.0. The maximum atomic E-state index is 11.7. The van der Waals surface area contributed by atoms with Gasteiger partial charge in [0.15, 0.2) is 0 Å². The summed E-state index contributed by atoms with van der Waals surface area (Å²) in [6.07, 6.45) is 10.3. The first-order chi connectivity index (χ1) is 10.6. The summed E-state index contributed by atoms with van der Waals surface area (Å²) in [5.74, 6) is -0.813. The summed E-state index contributed by atoms with van der Waals surface area (Å²) >= 11 is 0. The number of ether oxygens (including phenoxy) is 1. The molecule has 1 aliphatic heterocycles. The van der Waals surface area contributed by atoms with Crippen molar-refractivity contribution in [2.75, 3.05) is 6.61 Å². The van der Waals surface area contributed by atoms with Crippen LogP contribution < -0.4 is 5.32 Å². The summed E-state index contributed by atoms with van der Waals surface area (Å²) in [7, 11) is 0. The number of rotatable bonds is 12. The van der Waals surface area contributed by atoms with E-state index in [1.807, 2.05) is 0 Å². The minimum atomic E-state index is -0.566. The van der Waals surface area contributed by atoms with Crippen molar-refractivity contribution in [1.29, 1.82) is 0 Å². The van der Waals surface area contributed by atoms with Crippen molar-refractivity contribution in [3.63, 3.8) is 0 Å². The molecule has 5 heteroatoms. The monoisotopic (exact) mass is 311 g/mol. The normalized spacial score (nSPS) is 17.3. The number of carbonyl (C=O) groups is 3. The zero-order valence-corrected chi connectivity index (χ0v) is 13.7. The van der Waals surface area contributed by atoms with E-state index in [1.54, 1.807) is 0 Å². The predicted molar refractivity (Wildman–Crippen MR) is 84.4 cm³/mol. The van der Waals surface area contributed by atoms with Crippen LogP contribution in [0.15, 0.2) is 0 Å². The first-order valence-electron chi connectivity index (χ1n) is 8.61. The van der Waals surface area contributed by atoms with E-state index < -0.39 is 12.0 Å². The highest BCUT2D eigenvalue weighted by atomic mass is 16.5. The molecule has 1 aliphatic rings. The van der Waals surface area contributed by atoms with Gasteiger partial charge in [0.05, 0.1) is 13.0 Å². The van der Waals surface area contributed by atoms with Crippen LogP contribution in [0.1, 0.15) is 77.6 Å². The topological polar surface area (TPSA) is 72.5 Å². The van der Waals surface area contributed by atoms with E-state index in [-0.39, 0.29) is 18.1 Å². The Hall–Kier alpha value is -1.39. The van der Waals surface area contributed by atoms with Crippen LogP contribution in [0.25, 0.3) is 0 Å². The maximum Gasteiger partial charge on any atom is 0.328 e. The Morgan fingerprint density at radius 2 is 1.73 bits per heavy atom. The van der Waals surface area contributed by atoms with Gasteiger partial charge in [0.1, 0.15) is 11.8 Å². The molecule has 1 saturated heterocycles. The molecule has 0 unspecified atom stereocenters. The number of esters is 1. The summed E-state index contributed by atoms with van der Waals surface area (Å²) in [5, 5.41) is 2.56. The molecule has 0 aromatic rings. The molecule has 1 fully saturated rings. The van der Waals surface area contributed by atoms with E-state index >= 15 is 0 Å². The van der Waals surface area contributed by atoms with E-state index in [4.69, 9.17) is 4.74 Å². The van der Waals surface area contributed by atoms with Crippen LogP contribution >= 0.6 is 0 Å². The van der Waals surface area contributed by atoms with Gasteiger partial charge in [0.2, 0.25) is 5.91 Å². The van der Waals surface area contributed by atoms with Crippen LogP contribution in [0.3, 0.4) is 0 Å². The van der Waals surface area contributed by atoms with Gasteiger partial charge in [-0.05, 0) is 6.42 Å². The quantitative estimate of drug-likeness (QED) is 0.342. The molecule has 0 bridgehead atoms. The third-order valence-electron chi connectivity index (χ3n) is 3.94. The second kappa shape index (κ2) is 11.2. The average Bonchev–Trinajstić information content (AvgIpc) is 2.87. The standard InChI is InChI=1S/C17H29NO4/c1-2-3-4-5-6-7-8-9-10-14(19)13-16(20)18-15-11-12-22-17(15)21/h15H,2-13H2,1H3,(H,18,20)/t15-/m1/s1. The van der Waals surface area contributed by atoms with E-state index in [1.165, 1.54) is 32.1 Å². The van der Waals surface area contributed by atoms with Gasteiger partial charge < -0.3 is 10.1 Å². The minimum absolute atomic E-state index is 0.0464. The number of cyclic esters (lactones) is 1. The Morgan fingerprint density at radius 3 is 2.32 bits per heavy atom. The van der Waals surface area contributed by atoms with Gasteiger partial charge in [-0.15, -0.1) is 0 Å². The number of carbonyl (C=O) groups excluding carboxylic acids is 3. The van der Waals surface area contributed by atoms with Crippen LogP contribution in [0.5, 0.6) is 0 Å². The fourth-order valence-corrected chi connectivity index (χ4v) is 2.60. The Labute approximate surface area is 133 Å². The lowest BCUT2D eigenvalue weighted by Crippen LogP contribution is -2.38. The average molecular weight is 311 g/mol. The molecule has 126 valence electrons. The van der Waals surface area contributed by atoms with Crippen molar-refractivity contribution in [1.82, 2.24) is 5.32 Å². The molecule has 22 heavy (non-hydrogen) atoms. The van der Waals surface area contributed by atoms with Crippen LogP contribution in [0, 0.1) is 0 Å². The molecule has 1 atom stereocenters. The highest BCUT2D eigenvalue weighted by Gasteiger charge is 2.28. The van der Waals surface area contributed by atoms with Crippen molar-refractivity contribution < 1.29 is 19.1 Å². The molecular formula is C17H29NO4. The Balaban J connectivity index is 1.98. The fourth-order valence-electron chi connectivity index (χ4n) is 2.60. The summed E-state index contributed by atoms with van der Waals surface area (Å²) in [6.45, 7) is 2.55. The van der Waals surface area contributed by atoms with Gasteiger partial charge in [0.25, 0.3) is 0 Å². The molecule has 1 N–H and O–H groups in total. The van der Waals surface area contributed by atoms with Gasteiger partial charge in [0, 0.05) is 12.8 Å². The first-order valence-corrected chi connectivity index (χ1v) is 8.61. The lowest BCUT2D eigenvalue weighted by molar-refractivity contribution is -0.142. The molecule has 0 spiro atoms. The Morgan fingerprint density at radius 1 is 1.09 bits per heavy atom. The lowest BCUT2D eigenvalue weighted by Gasteiger charge is -2.08. The molecule has 0 aliphatic carbocycles. The van der Waals surface area contributed by atoms with Crippen molar-refractivity contribution in [3.8, 4) is 0 Å². The molecule has 0 aromatic carbocycles. The van der Waals surface area contributed by atoms with Crippen molar-refractivity contribution in [2.24, 2.45) is 0 Å². The maximum absolute atomic E-state index is 11.7. The van der Waals surface area contributed by atoms with Gasteiger partial charge >= 0.3 is 5.97 Å². The predicted octanol–water partition coefficient (Wildman–Crippen LogP) is 2.91. The third kappa shape index (κ3) is 8.15. The number of nitrogens with one attached hydrogen (secondary N) is 1. The molecule has 1 heterocycles. The molecule has 0 radical (unpaired) electrons. The largest absolute Gasteiger partial charge is 0.464 e. The zero-order valence-electron chi connectivity index (χ0n) is 13.7. The number of ketones is 1. The van der Waals surface area contributed by atoms with E-state index in [9.17, 15) is 14.4 Å². The Kier molecular flexibility index (Phi) is 9.51. The smallest absolute Gasteiger partial charge is 0.328 e. The van der Waals surface area contributed by atoms with Gasteiger partial charge in [-0.2, -0.15) is 0 Å². The van der Waals surface area contributed by atoms with E-state index in [0.717, 1.165) is 19.3 Å². The molecule has 0 saturated carbocycles. The summed E-state index contributed by atoms with van der Waals surface area (Å²) < 4.78 is 4.76. The second-order valence-electron chi connectivity index (χ2n) is 6.02. The van der Waals surface area contributed by atoms with Gasteiger partial charge in [-0.3, -0.25) is 9.59 Å². The Bertz CT molecular complexity index is 368. The third-order valence-corrected chi connectivity index (χ3v) is 3.94. The minimum Gasteiger partial charge on any atom is -0.464 e. The van der Waals surface area contributed by atoms with Gasteiger partial charge in [-0.1, -0.05) is 51.9 Å². The summed E-state index contributed by atoms with van der Waals surface area (Å²) in [4.78, 5) is 34.6. The summed E-state index contributed by atoms with van der Waals surface area (Å²) in [6, 6.07) is -0.566. The number of amides is 1. The van der Waals surface area contributed by atoms with Crippen molar-refractivity contribution in [3.05, 3.63) is 0 Å². The number of hydrogen-bond donors (Lipinski definition) is 1. The van der Waals surface area contributed by atoms with E-state index in [0.29, 0.717) is 19.4 Å². The van der Waals surface area contributed by atoms with Crippen LogP contribution in [0.4, 0.5) is 0 Å². The van der Waals surface area contributed by atoms with Crippen LogP contribution in [-0.4, -0.2) is 30.3 Å². The van der Waals surface area contributed by atoms with Crippen molar-refractivity contribution in [2.45, 2.75) is 83.6 Å². The molecule has 1 amide bonds. The molecule has 0 aromatic heterocycles. The fraction of sp³-hybridized carbons (Fsp3) is 0.824. The summed E-state index contributed by atoms with van der Waals surface area (Å²) in [5.41, 5.74) is 0. The van der Waals surface area contributed by atoms with Gasteiger partial charge in [-0.25, -0.2) is 4.79 Å². The highest BCUT2D eigenvalue weighted by molar-refractivity contribution is 5.99. The number of hydrogen-bond acceptors (Lipinski definition) is 4. The number of Topliss-reactive ketones (excluding diaryl/α,β-unsaturated/α-hetero) is 1. The molecular weight excluding hydrogens is 282 g/mol. The zero-order chi connectivity index (χ0) is 16.2. The number of unbranched alkanes of at least 4 members (excludes halogenated alkanes) is 7. The second-order valence-corrected chi connectivity index (χ2v) is 6.02. The molecule has 1 rings (SSSR count). The van der Waals surface area contributed by atoms with Crippen molar-refractivity contribution >= 4 is 17.7 Å². The van der Waals surface area contributed by atoms with Crippen LogP contribution in [-0.2, 0) is 19.1 Å². The first kappa shape index (κ1) is 18.7. The van der Waals surface area contributed by atoms with Crippen LogP contribution in [0.2, 0.25) is 0 Å². The van der Waals surface area contributed by atoms with E-state index in [2.05, 4.69) is 12.2 Å². The SMILES string of the molecule is CCCCCCCCCCC(=O)CC(=O)N[C@@H]1CCOC1=O. The molecule has 5 nitrogen and oxygen atoms in total. The highest BCUT2D eigenvalue weighted by Crippen LogP contribution is 2.10.